The number of likely N-dealkylation sites (N-methyl/N-ethyl adjacent to an activating group) is 1. The van der Waals surface area contributed by atoms with Gasteiger partial charge in [-0.15, -0.1) is 0 Å². The minimum absolute atomic E-state index is 0.133. The van der Waals surface area contributed by atoms with E-state index in [0.717, 1.165) is 11.1 Å². The molecule has 5 heteroatoms. The molecule has 0 spiro atoms. The first-order valence-corrected chi connectivity index (χ1v) is 7.13. The fourth-order valence-corrected chi connectivity index (χ4v) is 2.88. The molecular formula is C16H21NO4. The molecule has 21 heavy (non-hydrogen) atoms. The van der Waals surface area contributed by atoms with E-state index in [4.69, 9.17) is 4.74 Å². The van der Waals surface area contributed by atoms with Crippen LogP contribution < -0.4 is 0 Å². The molecule has 1 saturated heterocycles. The molecule has 0 saturated carbocycles. The summed E-state index contributed by atoms with van der Waals surface area (Å²) in [4.78, 5) is 25.6. The predicted octanol–water partition coefficient (Wildman–Crippen LogP) is 1.87. The van der Waals surface area contributed by atoms with Crippen molar-refractivity contribution in [1.29, 1.82) is 0 Å². The van der Waals surface area contributed by atoms with Crippen molar-refractivity contribution in [2.45, 2.75) is 26.8 Å². The average molecular weight is 291 g/mol. The van der Waals surface area contributed by atoms with Gasteiger partial charge in [-0.2, -0.15) is 0 Å². The van der Waals surface area contributed by atoms with E-state index in [1.165, 1.54) is 0 Å². The van der Waals surface area contributed by atoms with Gasteiger partial charge in [0, 0.05) is 12.1 Å². The van der Waals surface area contributed by atoms with Crippen molar-refractivity contribution in [3.63, 3.8) is 0 Å². The quantitative estimate of drug-likeness (QED) is 0.919. The molecule has 1 aromatic rings. The molecule has 2 unspecified atom stereocenters. The average Bonchev–Trinajstić information content (AvgIpc) is 2.87. The minimum Gasteiger partial charge on any atom is -0.481 e. The maximum atomic E-state index is 12.7. The number of rotatable bonds is 4. The van der Waals surface area contributed by atoms with Crippen molar-refractivity contribution in [3.8, 4) is 0 Å². The Morgan fingerprint density at radius 2 is 1.86 bits per heavy atom. The Hall–Kier alpha value is -1.88. The number of benzene rings is 1. The Bertz CT molecular complexity index is 535. The highest BCUT2D eigenvalue weighted by Crippen LogP contribution is 2.22. The fraction of sp³-hybridized carbons (Fsp3) is 0.500. The third kappa shape index (κ3) is 3.24. The van der Waals surface area contributed by atoms with Crippen LogP contribution >= 0.6 is 0 Å². The Balaban J connectivity index is 2.28. The van der Waals surface area contributed by atoms with E-state index in [1.807, 2.05) is 39.0 Å². The lowest BCUT2D eigenvalue weighted by Gasteiger charge is -2.29. The lowest BCUT2D eigenvalue weighted by molar-refractivity contribution is -0.142. The van der Waals surface area contributed by atoms with Gasteiger partial charge in [-0.3, -0.25) is 9.59 Å². The summed E-state index contributed by atoms with van der Waals surface area (Å²) in [6, 6.07) is 5.28. The first kappa shape index (κ1) is 15.5. The normalized spacial score (nSPS) is 21.3. The topological polar surface area (TPSA) is 66.8 Å². The van der Waals surface area contributed by atoms with Crippen molar-refractivity contribution in [2.75, 3.05) is 19.8 Å². The zero-order valence-electron chi connectivity index (χ0n) is 12.6. The third-order valence-electron chi connectivity index (χ3n) is 3.84. The molecule has 1 amide bonds. The number of carbonyl (C=O) groups excluding carboxylic acids is 1. The molecule has 2 atom stereocenters. The van der Waals surface area contributed by atoms with Gasteiger partial charge in [-0.05, 0) is 32.9 Å². The molecule has 1 aliphatic rings. The number of nitrogens with zero attached hydrogens (tertiary/aromatic N) is 1. The second-order valence-electron chi connectivity index (χ2n) is 5.52. The number of hydrogen-bond donors (Lipinski definition) is 1. The second kappa shape index (κ2) is 6.26. The molecule has 0 bridgehead atoms. The summed E-state index contributed by atoms with van der Waals surface area (Å²) in [7, 11) is 0. The maximum absolute atomic E-state index is 12.7. The van der Waals surface area contributed by atoms with Crippen molar-refractivity contribution in [1.82, 2.24) is 4.90 Å². The van der Waals surface area contributed by atoms with Crippen molar-refractivity contribution in [2.24, 2.45) is 5.92 Å². The summed E-state index contributed by atoms with van der Waals surface area (Å²) in [5.41, 5.74) is 2.64. The summed E-state index contributed by atoms with van der Waals surface area (Å²) in [6.45, 7) is 6.65. The highest BCUT2D eigenvalue weighted by atomic mass is 16.5. The maximum Gasteiger partial charge on any atom is 0.311 e. The van der Waals surface area contributed by atoms with Gasteiger partial charge in [0.15, 0.2) is 0 Å². The molecular weight excluding hydrogens is 270 g/mol. The monoisotopic (exact) mass is 291 g/mol. The van der Waals surface area contributed by atoms with Crippen molar-refractivity contribution < 1.29 is 19.4 Å². The van der Waals surface area contributed by atoms with Gasteiger partial charge in [-0.25, -0.2) is 0 Å². The Morgan fingerprint density at radius 1 is 1.24 bits per heavy atom. The van der Waals surface area contributed by atoms with E-state index < -0.39 is 17.9 Å². The number of carbonyl (C=O) groups is 2. The third-order valence-corrected chi connectivity index (χ3v) is 3.84. The zero-order valence-corrected chi connectivity index (χ0v) is 12.6. The first-order chi connectivity index (χ1) is 9.93. The minimum atomic E-state index is -0.913. The van der Waals surface area contributed by atoms with Crippen LogP contribution in [0.3, 0.4) is 0 Å². The first-order valence-electron chi connectivity index (χ1n) is 7.13. The highest BCUT2D eigenvalue weighted by Gasteiger charge is 2.39. The van der Waals surface area contributed by atoms with E-state index >= 15 is 0 Å². The van der Waals surface area contributed by atoms with Crippen LogP contribution in [0.1, 0.15) is 28.4 Å². The second-order valence-corrected chi connectivity index (χ2v) is 5.52. The predicted molar refractivity (Wildman–Crippen MR) is 78.4 cm³/mol. The van der Waals surface area contributed by atoms with Gasteiger partial charge in [0.25, 0.3) is 5.91 Å². The fourth-order valence-electron chi connectivity index (χ4n) is 2.88. The van der Waals surface area contributed by atoms with Crippen LogP contribution in [0.4, 0.5) is 0 Å². The molecule has 114 valence electrons. The molecule has 0 radical (unpaired) electrons. The summed E-state index contributed by atoms with van der Waals surface area (Å²) < 4.78 is 5.27. The lowest BCUT2D eigenvalue weighted by Crippen LogP contribution is -2.46. The van der Waals surface area contributed by atoms with Crippen LogP contribution in [-0.4, -0.2) is 47.7 Å². The Kier molecular flexibility index (Phi) is 4.63. The summed E-state index contributed by atoms with van der Waals surface area (Å²) in [6.07, 6.45) is 0. The van der Waals surface area contributed by atoms with Crippen molar-refractivity contribution in [3.05, 3.63) is 34.9 Å². The van der Waals surface area contributed by atoms with Crippen LogP contribution in [0.2, 0.25) is 0 Å². The smallest absolute Gasteiger partial charge is 0.311 e. The molecule has 2 rings (SSSR count). The summed E-state index contributed by atoms with van der Waals surface area (Å²) >= 11 is 0. The van der Waals surface area contributed by atoms with E-state index in [0.29, 0.717) is 12.1 Å². The van der Waals surface area contributed by atoms with Crippen LogP contribution in [0.5, 0.6) is 0 Å². The molecule has 1 heterocycles. The van der Waals surface area contributed by atoms with Gasteiger partial charge in [0.05, 0.1) is 19.3 Å². The Labute approximate surface area is 124 Å². The molecule has 5 nitrogen and oxygen atoms in total. The largest absolute Gasteiger partial charge is 0.481 e. The lowest BCUT2D eigenvalue weighted by atomic mass is 10.0. The highest BCUT2D eigenvalue weighted by molar-refractivity contribution is 5.95. The summed E-state index contributed by atoms with van der Waals surface area (Å²) in [5, 5.41) is 9.25. The van der Waals surface area contributed by atoms with Crippen LogP contribution in [-0.2, 0) is 9.53 Å². The van der Waals surface area contributed by atoms with Gasteiger partial charge >= 0.3 is 5.97 Å². The number of carboxylic acids is 1. The number of ether oxygens (including phenoxy) is 1. The molecule has 0 aromatic heterocycles. The van der Waals surface area contributed by atoms with Crippen LogP contribution in [0.15, 0.2) is 18.2 Å². The summed E-state index contributed by atoms with van der Waals surface area (Å²) in [5.74, 6) is -1.70. The van der Waals surface area contributed by atoms with Gasteiger partial charge in [-0.1, -0.05) is 17.2 Å². The number of aliphatic carboxylic acids is 1. The standard InChI is InChI=1S/C16H21NO4/c1-4-17(14-9-21-8-13(14)16(19)20)15(18)12-6-10(2)5-11(3)7-12/h5-7,13-14H,4,8-9H2,1-3H3,(H,19,20). The zero-order chi connectivity index (χ0) is 15.6. The Morgan fingerprint density at radius 3 is 2.38 bits per heavy atom. The van der Waals surface area contributed by atoms with E-state index in [9.17, 15) is 14.7 Å². The van der Waals surface area contributed by atoms with Crippen LogP contribution in [0, 0.1) is 19.8 Å². The van der Waals surface area contributed by atoms with Gasteiger partial charge in [0.2, 0.25) is 0 Å². The van der Waals surface area contributed by atoms with Crippen LogP contribution in [0.25, 0.3) is 0 Å². The van der Waals surface area contributed by atoms with Crippen molar-refractivity contribution >= 4 is 11.9 Å². The molecule has 1 aromatic carbocycles. The SMILES string of the molecule is CCN(C(=O)c1cc(C)cc(C)c1)C1COCC1C(=O)O. The molecule has 1 N–H and O–H groups in total. The molecule has 1 fully saturated rings. The number of carboxylic acid groups (broad SMARTS) is 1. The number of amides is 1. The number of aryl methyl sites for hydroxylation is 2. The van der Waals surface area contributed by atoms with Gasteiger partial charge < -0.3 is 14.7 Å². The molecule has 0 aliphatic carbocycles. The van der Waals surface area contributed by atoms with E-state index in [1.54, 1.807) is 4.90 Å². The molecule has 1 aliphatic heterocycles. The van der Waals surface area contributed by atoms with E-state index in [-0.39, 0.29) is 19.1 Å². The number of hydrogen-bond acceptors (Lipinski definition) is 3. The van der Waals surface area contributed by atoms with Gasteiger partial charge in [0.1, 0.15) is 5.92 Å². The van der Waals surface area contributed by atoms with E-state index in [2.05, 4.69) is 0 Å².